The summed E-state index contributed by atoms with van der Waals surface area (Å²) >= 11 is 12.7. The highest BCUT2D eigenvalue weighted by Gasteiger charge is 2.20. The van der Waals surface area contributed by atoms with Gasteiger partial charge in [0.15, 0.2) is 0 Å². The Hall–Kier alpha value is -3.52. The normalized spacial score (nSPS) is 14.4. The zero-order valence-electron chi connectivity index (χ0n) is 21.5. The Labute approximate surface area is 236 Å². The first kappa shape index (κ1) is 27.1. The lowest BCUT2D eigenvalue weighted by molar-refractivity contribution is 0.0495. The lowest BCUT2D eigenvalue weighted by Gasteiger charge is -2.32. The molecule has 2 aromatic heterocycles. The summed E-state index contributed by atoms with van der Waals surface area (Å²) < 4.78 is 17.0. The number of ether oxygens (including phenoxy) is 2. The number of nitrogens with one attached hydrogen (secondary N) is 1. The Bertz CT molecular complexity index is 1540. The fourth-order valence-corrected chi connectivity index (χ4v) is 5.17. The molecular weight excluding hydrogens is 541 g/mol. The first-order valence-electron chi connectivity index (χ1n) is 12.3. The molecular formula is C28H27Cl2N5O4. The maximum Gasteiger partial charge on any atom is 0.139 e. The number of hydrogen-bond donors (Lipinski definition) is 2. The lowest BCUT2D eigenvalue weighted by Crippen LogP contribution is -2.45. The first-order chi connectivity index (χ1) is 18.9. The van der Waals surface area contributed by atoms with Crippen LogP contribution < -0.4 is 14.8 Å². The van der Waals surface area contributed by atoms with Crippen LogP contribution in [0.4, 0.5) is 11.4 Å². The number of halogens is 2. The van der Waals surface area contributed by atoms with Gasteiger partial charge in [-0.2, -0.15) is 5.26 Å². The number of anilines is 2. The number of pyridine rings is 1. The zero-order chi connectivity index (χ0) is 27.5. The fourth-order valence-electron chi connectivity index (χ4n) is 4.66. The zero-order valence-corrected chi connectivity index (χ0v) is 23.0. The number of benzene rings is 2. The molecule has 0 bridgehead atoms. The third-order valence-electron chi connectivity index (χ3n) is 6.82. The maximum atomic E-state index is 9.82. The van der Waals surface area contributed by atoms with E-state index in [1.807, 2.05) is 23.1 Å². The average molecular weight is 568 g/mol. The Morgan fingerprint density at radius 2 is 1.77 bits per heavy atom. The van der Waals surface area contributed by atoms with Crippen LogP contribution in [-0.2, 0) is 6.54 Å². The number of methoxy groups -OCH3 is 2. The van der Waals surface area contributed by atoms with Crippen molar-refractivity contribution in [2.45, 2.75) is 6.54 Å². The summed E-state index contributed by atoms with van der Waals surface area (Å²) in [7, 11) is 3.12. The summed E-state index contributed by atoms with van der Waals surface area (Å²) in [5.74, 6) is 1.89. The summed E-state index contributed by atoms with van der Waals surface area (Å²) in [5, 5.41) is 23.9. The van der Waals surface area contributed by atoms with E-state index >= 15 is 0 Å². The molecule has 0 aliphatic carbocycles. The third kappa shape index (κ3) is 5.62. The minimum absolute atomic E-state index is 0.0859. The quantitative estimate of drug-likeness (QED) is 0.285. The third-order valence-corrected chi connectivity index (χ3v) is 7.43. The van der Waals surface area contributed by atoms with Crippen molar-refractivity contribution < 1.29 is 19.0 Å². The van der Waals surface area contributed by atoms with E-state index in [0.29, 0.717) is 55.9 Å². The predicted molar refractivity (Wildman–Crippen MR) is 151 cm³/mol. The monoisotopic (exact) mass is 567 g/mol. The van der Waals surface area contributed by atoms with Gasteiger partial charge in [0.2, 0.25) is 0 Å². The van der Waals surface area contributed by atoms with Crippen molar-refractivity contribution in [3.8, 4) is 28.7 Å². The molecule has 2 aromatic carbocycles. The average Bonchev–Trinajstić information content (AvgIpc) is 3.42. The number of nitriles is 1. The van der Waals surface area contributed by atoms with Gasteiger partial charge in [-0.15, -0.1) is 0 Å². The van der Waals surface area contributed by atoms with Crippen molar-refractivity contribution in [3.05, 3.63) is 64.2 Å². The van der Waals surface area contributed by atoms with E-state index in [0.717, 1.165) is 43.1 Å². The largest absolute Gasteiger partial charge is 0.496 e. The van der Waals surface area contributed by atoms with Crippen LogP contribution >= 0.6 is 23.2 Å². The number of nitrogens with zero attached hydrogens (tertiary/aromatic N) is 4. The highest BCUT2D eigenvalue weighted by Crippen LogP contribution is 2.41. The number of hydrogen-bond acceptors (Lipinski definition) is 9. The molecule has 9 nitrogen and oxygen atoms in total. The Kier molecular flexibility index (Phi) is 8.12. The molecule has 1 aliphatic heterocycles. The van der Waals surface area contributed by atoms with Crippen molar-refractivity contribution in [3.63, 3.8) is 0 Å². The Balaban J connectivity index is 1.49. The van der Waals surface area contributed by atoms with Crippen molar-refractivity contribution in [2.75, 3.05) is 52.4 Å². The van der Waals surface area contributed by atoms with Crippen LogP contribution in [-0.4, -0.2) is 67.0 Å². The SMILES string of the molecule is COc1cc(Nc2c(C#N)cnc3cc(-c4coc(CN5CCN(CO)CC5)c4)c(OC)cc23)c(Cl)cc1Cl. The maximum absolute atomic E-state index is 9.82. The molecule has 11 heteroatoms. The Morgan fingerprint density at radius 1 is 1.03 bits per heavy atom. The highest BCUT2D eigenvalue weighted by molar-refractivity contribution is 6.37. The topological polar surface area (TPSA) is 107 Å². The molecule has 2 N–H and O–H groups in total. The molecule has 3 heterocycles. The summed E-state index contributed by atoms with van der Waals surface area (Å²) in [5.41, 5.74) is 3.75. The molecule has 1 fully saturated rings. The van der Waals surface area contributed by atoms with E-state index in [1.54, 1.807) is 25.5 Å². The van der Waals surface area contributed by atoms with Crippen molar-refractivity contribution in [1.82, 2.24) is 14.8 Å². The number of aromatic nitrogens is 1. The van der Waals surface area contributed by atoms with Crippen LogP contribution in [0.5, 0.6) is 11.5 Å². The van der Waals surface area contributed by atoms with Crippen LogP contribution in [0.3, 0.4) is 0 Å². The second-order valence-electron chi connectivity index (χ2n) is 9.16. The number of fused-ring (bicyclic) bond motifs is 1. The first-order valence-corrected chi connectivity index (χ1v) is 13.0. The molecule has 202 valence electrons. The Morgan fingerprint density at radius 3 is 2.46 bits per heavy atom. The van der Waals surface area contributed by atoms with E-state index in [9.17, 15) is 10.4 Å². The van der Waals surface area contributed by atoms with Gasteiger partial charge in [-0.3, -0.25) is 14.8 Å². The van der Waals surface area contributed by atoms with E-state index in [2.05, 4.69) is 21.3 Å². The highest BCUT2D eigenvalue weighted by atomic mass is 35.5. The number of aliphatic hydroxyl groups excluding tert-OH is 1. The second kappa shape index (κ2) is 11.7. The van der Waals surface area contributed by atoms with Crippen LogP contribution in [0.1, 0.15) is 11.3 Å². The van der Waals surface area contributed by atoms with Gasteiger partial charge in [0, 0.05) is 55.0 Å². The van der Waals surface area contributed by atoms with Gasteiger partial charge >= 0.3 is 0 Å². The van der Waals surface area contributed by atoms with E-state index in [-0.39, 0.29) is 6.73 Å². The van der Waals surface area contributed by atoms with Gasteiger partial charge < -0.3 is 24.3 Å². The minimum atomic E-state index is 0.0859. The molecule has 0 saturated carbocycles. The van der Waals surface area contributed by atoms with Crippen LogP contribution in [0.25, 0.3) is 22.0 Å². The fraction of sp³-hybridized carbons (Fsp3) is 0.286. The molecule has 0 radical (unpaired) electrons. The van der Waals surface area contributed by atoms with Crippen LogP contribution in [0.2, 0.25) is 10.0 Å². The van der Waals surface area contributed by atoms with Crippen molar-refractivity contribution in [1.29, 1.82) is 5.26 Å². The molecule has 39 heavy (non-hydrogen) atoms. The minimum Gasteiger partial charge on any atom is -0.496 e. The van der Waals surface area contributed by atoms with Gasteiger partial charge in [0.25, 0.3) is 0 Å². The number of rotatable bonds is 8. The summed E-state index contributed by atoms with van der Waals surface area (Å²) in [6.07, 6.45) is 3.24. The van der Waals surface area contributed by atoms with E-state index < -0.39 is 0 Å². The standard InChI is InChI=1S/C28H27Cl2N5O4/c1-37-26-9-21-24(8-20(26)17-7-19(39-15-17)14-34-3-5-35(16-36)6-4-34)32-13-18(12-31)28(21)33-25-11-27(38-2)23(30)10-22(25)29/h7-11,13,15,36H,3-6,14,16H2,1-2H3,(H,32,33). The van der Waals surface area contributed by atoms with Gasteiger partial charge in [0.05, 0.1) is 66.3 Å². The summed E-state index contributed by atoms with van der Waals surface area (Å²) in [6.45, 7) is 4.13. The van der Waals surface area contributed by atoms with Gasteiger partial charge in [-0.25, -0.2) is 0 Å². The smallest absolute Gasteiger partial charge is 0.139 e. The molecule has 0 atom stereocenters. The molecule has 0 unspecified atom stereocenters. The van der Waals surface area contributed by atoms with Crippen molar-refractivity contribution in [2.24, 2.45) is 0 Å². The predicted octanol–water partition coefficient (Wildman–Crippen LogP) is 5.50. The molecule has 0 spiro atoms. The van der Waals surface area contributed by atoms with E-state index in [4.69, 9.17) is 37.1 Å². The molecule has 0 amide bonds. The van der Waals surface area contributed by atoms with Gasteiger partial charge in [0.1, 0.15) is 23.3 Å². The van der Waals surface area contributed by atoms with Crippen LogP contribution in [0.15, 0.2) is 47.2 Å². The number of furan rings is 1. The van der Waals surface area contributed by atoms with E-state index in [1.165, 1.54) is 13.3 Å². The summed E-state index contributed by atoms with van der Waals surface area (Å²) in [4.78, 5) is 8.85. The number of piperazine rings is 1. The van der Waals surface area contributed by atoms with Gasteiger partial charge in [-0.05, 0) is 24.3 Å². The van der Waals surface area contributed by atoms with Crippen LogP contribution in [0, 0.1) is 11.3 Å². The number of aliphatic hydroxyl groups is 1. The van der Waals surface area contributed by atoms with Crippen molar-refractivity contribution >= 4 is 45.5 Å². The molecule has 1 saturated heterocycles. The summed E-state index contributed by atoms with van der Waals surface area (Å²) in [6, 6.07) is 11.2. The molecule has 5 rings (SSSR count). The second-order valence-corrected chi connectivity index (χ2v) is 9.97. The molecule has 4 aromatic rings. The lowest BCUT2D eigenvalue weighted by atomic mass is 10.0. The van der Waals surface area contributed by atoms with Gasteiger partial charge in [-0.1, -0.05) is 23.2 Å². The molecule has 1 aliphatic rings.